The number of carbonyl (C=O) groups excluding carboxylic acids is 11. The molecule has 9 rings (SSSR count). The minimum atomic E-state index is -1.99. The molecule has 3 fully saturated rings. The molecule has 24 heteroatoms. The number of ketones is 1. The number of amides is 5. The fourth-order valence-electron chi connectivity index (χ4n) is 14.0. The first kappa shape index (κ1) is 71.5. The molecule has 0 radical (unpaired) electrons. The number of benzene rings is 4. The number of phenols is 1. The third-order valence-corrected chi connectivity index (χ3v) is 18.9. The Balaban J connectivity index is 0.964. The molecule has 97 heavy (non-hydrogen) atoms. The van der Waals surface area contributed by atoms with Crippen molar-refractivity contribution in [1.29, 1.82) is 0 Å². The van der Waals surface area contributed by atoms with Crippen molar-refractivity contribution in [3.05, 3.63) is 160 Å². The first-order valence-electron chi connectivity index (χ1n) is 32.7. The van der Waals surface area contributed by atoms with Gasteiger partial charge in [-0.15, -0.1) is 0 Å². The Morgan fingerprint density at radius 2 is 1.40 bits per heavy atom. The molecule has 0 spiro atoms. The monoisotopic (exact) mass is 1330 g/mol. The molecule has 2 heterocycles. The van der Waals surface area contributed by atoms with Gasteiger partial charge >= 0.3 is 29.8 Å². The molecule has 2 aliphatic heterocycles. The van der Waals surface area contributed by atoms with E-state index >= 15 is 9.59 Å². The van der Waals surface area contributed by atoms with E-state index in [1.807, 2.05) is 11.8 Å². The van der Waals surface area contributed by atoms with Crippen LogP contribution in [0.25, 0.3) is 6.08 Å². The number of ether oxygens (including phenoxy) is 6. The van der Waals surface area contributed by atoms with Gasteiger partial charge in [-0.05, 0) is 105 Å². The van der Waals surface area contributed by atoms with Crippen LogP contribution in [0, 0.1) is 23.2 Å². The number of phenolic OH excluding ortho intramolecular Hbond substituents is 1. The lowest BCUT2D eigenvalue weighted by Crippen LogP contribution is -2.76. The number of aromatic hydroxyl groups is 1. The van der Waals surface area contributed by atoms with Crippen LogP contribution >= 0.6 is 0 Å². The lowest BCUT2D eigenvalue weighted by molar-refractivity contribution is -0.321. The van der Waals surface area contributed by atoms with Gasteiger partial charge in [-0.2, -0.15) is 0 Å². The van der Waals surface area contributed by atoms with Crippen molar-refractivity contribution >= 4 is 76.9 Å². The van der Waals surface area contributed by atoms with E-state index in [2.05, 4.69) is 16.0 Å². The van der Waals surface area contributed by atoms with E-state index in [4.69, 9.17) is 28.4 Å². The maximum atomic E-state index is 15.7. The van der Waals surface area contributed by atoms with Gasteiger partial charge in [-0.3, -0.25) is 43.3 Å². The number of hydrogen-bond acceptors (Lipinski definition) is 20. The second-order valence-electron chi connectivity index (χ2n) is 25.5. The van der Waals surface area contributed by atoms with E-state index in [0.717, 1.165) is 11.8 Å². The number of aliphatic hydroxyl groups excluding tert-OH is 1. The lowest BCUT2D eigenvalue weighted by Gasteiger charge is -2.62. The third-order valence-electron chi connectivity index (χ3n) is 18.9. The fraction of sp³-hybridized carbons (Fsp3) is 0.438. The van der Waals surface area contributed by atoms with E-state index in [1.54, 1.807) is 112 Å². The molecule has 7 unspecified atom stereocenters. The standard InChI is InChI=1S/C73H83N5O19/c1-8-77(36-34-75-56(83)27-19-12-20-33-74-57(84)32-35-78-58(85)30-31-59(78)86)50-29-28-49(52(81)38-50)37-42(2)69(89)96-67(63(46-21-13-9-14-22-46)76-68(88)47-23-15-10-16-24-47)71(91)94-54-39-51-65(95-70(90)48-25-17-11-18-26-48)62-60(53(82)40-55-73(62,41-92-55)97-45(5)80)64(87)66(93-44(4)79)61(43(54)3)72(51,6)7/h9-11,13-18,21-26,28-31,37-38,51,53-55,60,62-63,65-67,81-82H,8,12,19-20,27,32-36,39-41H2,1-7H3,(H,74,84)(H,75,83)(H,76,88)/b42-37+/t51?,53?,54?,55-,60?,62?,63+,65?,66-,67?,73+/m1/s1. The molecule has 3 aliphatic carbocycles. The number of likely N-dealkylation sites (N-methyl/N-ethyl adjacent to an activating group) is 1. The normalized spacial score (nSPS) is 23.7. The number of imide groups is 1. The van der Waals surface area contributed by atoms with Gasteiger partial charge in [0.15, 0.2) is 17.5 Å². The number of Topliss-reactive ketones (excluding diaryl/α,β-unsaturated/α-hetero) is 1. The maximum absolute atomic E-state index is 15.7. The summed E-state index contributed by atoms with van der Waals surface area (Å²) in [6.45, 7) is 12.0. The smallest absolute Gasteiger partial charge is 0.350 e. The van der Waals surface area contributed by atoms with Gasteiger partial charge in [0.1, 0.15) is 30.1 Å². The Morgan fingerprint density at radius 3 is 2.02 bits per heavy atom. The highest BCUT2D eigenvalue weighted by Crippen LogP contribution is 2.60. The molecule has 24 nitrogen and oxygen atoms in total. The number of unbranched alkanes of at least 4 members (excludes halogenated alkanes) is 2. The Bertz CT molecular complexity index is 3720. The van der Waals surface area contributed by atoms with Crippen LogP contribution in [-0.4, -0.2) is 162 Å². The summed E-state index contributed by atoms with van der Waals surface area (Å²) >= 11 is 0. The summed E-state index contributed by atoms with van der Waals surface area (Å²) in [4.78, 5) is 153. The predicted molar refractivity (Wildman–Crippen MR) is 350 cm³/mol. The van der Waals surface area contributed by atoms with Gasteiger partial charge in [0.2, 0.25) is 17.9 Å². The van der Waals surface area contributed by atoms with E-state index in [-0.39, 0.29) is 96.4 Å². The third kappa shape index (κ3) is 16.4. The highest BCUT2D eigenvalue weighted by Gasteiger charge is 2.71. The predicted octanol–water partition coefficient (Wildman–Crippen LogP) is 6.52. The Hall–Kier alpha value is -9.81. The summed E-state index contributed by atoms with van der Waals surface area (Å²) < 4.78 is 37.6. The summed E-state index contributed by atoms with van der Waals surface area (Å²) in [6.07, 6.45) is -3.49. The van der Waals surface area contributed by atoms with Crippen LogP contribution in [0.2, 0.25) is 0 Å². The first-order valence-corrected chi connectivity index (χ1v) is 32.7. The van der Waals surface area contributed by atoms with Crippen molar-refractivity contribution in [2.75, 3.05) is 44.2 Å². The number of hydrogen-bond donors (Lipinski definition) is 5. The van der Waals surface area contributed by atoms with Crippen LogP contribution < -0.4 is 20.9 Å². The van der Waals surface area contributed by atoms with Gasteiger partial charge < -0.3 is 59.5 Å². The van der Waals surface area contributed by atoms with Crippen molar-refractivity contribution in [1.82, 2.24) is 20.9 Å². The molecule has 2 bridgehead atoms. The Labute approximate surface area is 562 Å². The van der Waals surface area contributed by atoms with E-state index in [9.17, 15) is 53.4 Å². The summed E-state index contributed by atoms with van der Waals surface area (Å²) in [5, 5.41) is 32.2. The maximum Gasteiger partial charge on any atom is 0.350 e. The molecule has 11 atom stereocenters. The van der Waals surface area contributed by atoms with Crippen molar-refractivity contribution in [2.24, 2.45) is 23.2 Å². The topological polar surface area (TPSA) is 326 Å². The van der Waals surface area contributed by atoms with E-state index in [1.165, 1.54) is 50.3 Å². The average Bonchev–Trinajstić information content (AvgIpc) is 0.723. The Morgan fingerprint density at radius 1 is 0.763 bits per heavy atom. The van der Waals surface area contributed by atoms with Gasteiger partial charge in [-0.1, -0.05) is 87.0 Å². The van der Waals surface area contributed by atoms with Crippen LogP contribution in [0.5, 0.6) is 5.75 Å². The van der Waals surface area contributed by atoms with Gasteiger partial charge in [-0.25, -0.2) is 14.4 Å². The minimum Gasteiger partial charge on any atom is -0.507 e. The van der Waals surface area contributed by atoms with E-state index in [0.29, 0.717) is 50.1 Å². The molecule has 4 aromatic rings. The van der Waals surface area contributed by atoms with Crippen molar-refractivity contribution in [2.45, 2.75) is 142 Å². The highest BCUT2D eigenvalue weighted by molar-refractivity contribution is 6.13. The SMILES string of the molecule is CCN(CCNC(=O)CCCCCNC(=O)CCN1C(=O)C=CC1=O)c1ccc(/C=C(\C)C(=O)OC(C(=O)OC2CC3C(OC(=O)c4ccccc4)C4C(C(=O)[C@H](OC(C)=O)C(=C2C)C3(C)C)C(O)C[C@H]2OC[C@@]42OC(C)=O)[C@@H](NC(=O)c2ccccc2)c2ccccc2)c(O)c1. The zero-order valence-electron chi connectivity index (χ0n) is 55.3. The fourth-order valence-corrected chi connectivity index (χ4v) is 14.0. The average molecular weight is 1330 g/mol. The number of rotatable bonds is 27. The second-order valence-corrected chi connectivity index (χ2v) is 25.5. The Kier molecular flexibility index (Phi) is 23.1. The van der Waals surface area contributed by atoms with Crippen LogP contribution in [-0.2, 0) is 71.6 Å². The van der Waals surface area contributed by atoms with Gasteiger partial charge in [0, 0.05) is 112 Å². The quantitative estimate of drug-likeness (QED) is 0.0106. The van der Waals surface area contributed by atoms with Crippen LogP contribution in [0.1, 0.15) is 131 Å². The molecular weight excluding hydrogens is 1250 g/mol. The number of esters is 5. The number of nitrogens with zero attached hydrogens (tertiary/aromatic N) is 2. The summed E-state index contributed by atoms with van der Waals surface area (Å²) in [5.41, 5.74) is -1.17. The molecule has 514 valence electrons. The van der Waals surface area contributed by atoms with Crippen LogP contribution in [0.4, 0.5) is 5.69 Å². The van der Waals surface area contributed by atoms with Gasteiger partial charge in [0.05, 0.1) is 30.1 Å². The largest absolute Gasteiger partial charge is 0.507 e. The van der Waals surface area contributed by atoms with Gasteiger partial charge in [0.25, 0.3) is 17.7 Å². The zero-order valence-corrected chi connectivity index (χ0v) is 55.3. The number of carbonyl (C=O) groups is 11. The minimum absolute atomic E-state index is 0.00258. The number of anilines is 1. The molecule has 5 amide bonds. The zero-order chi connectivity index (χ0) is 69.9. The summed E-state index contributed by atoms with van der Waals surface area (Å²) in [7, 11) is 0. The molecule has 2 saturated carbocycles. The number of nitrogens with one attached hydrogen (secondary N) is 3. The molecule has 5 N–H and O–H groups in total. The van der Waals surface area contributed by atoms with Crippen LogP contribution in [0.15, 0.2) is 138 Å². The van der Waals surface area contributed by atoms with Crippen molar-refractivity contribution in [3.63, 3.8) is 0 Å². The molecule has 1 saturated heterocycles. The number of aliphatic hydroxyl groups is 1. The summed E-state index contributed by atoms with van der Waals surface area (Å²) in [6, 6.07) is 27.8. The molecule has 4 aromatic carbocycles. The number of fused-ring (bicyclic) bond motifs is 5. The summed E-state index contributed by atoms with van der Waals surface area (Å²) in [5.74, 6) is -11.5. The molecule has 5 aliphatic rings. The van der Waals surface area contributed by atoms with Crippen molar-refractivity contribution in [3.8, 4) is 5.75 Å². The van der Waals surface area contributed by atoms with Crippen molar-refractivity contribution < 1.29 is 91.4 Å². The highest BCUT2D eigenvalue weighted by atomic mass is 16.6. The second kappa shape index (κ2) is 31.4. The van der Waals surface area contributed by atoms with Crippen LogP contribution in [0.3, 0.4) is 0 Å². The molecular formula is C73H83N5O19. The van der Waals surface area contributed by atoms with E-state index < -0.39 is 125 Å². The molecule has 0 aromatic heterocycles. The lowest BCUT2D eigenvalue weighted by atomic mass is 9.50. The first-order chi connectivity index (χ1) is 46.3.